The summed E-state index contributed by atoms with van der Waals surface area (Å²) in [4.78, 5) is 31.1. The molecule has 0 bridgehead atoms. The van der Waals surface area contributed by atoms with E-state index in [4.69, 9.17) is 0 Å². The molecule has 0 unspecified atom stereocenters. The van der Waals surface area contributed by atoms with Gasteiger partial charge in [0.15, 0.2) is 0 Å². The van der Waals surface area contributed by atoms with Crippen LogP contribution in [0.1, 0.15) is 65.5 Å². The van der Waals surface area contributed by atoms with Crippen LogP contribution < -0.4 is 5.32 Å². The van der Waals surface area contributed by atoms with Crippen molar-refractivity contribution < 1.29 is 9.59 Å². The largest absolute Gasteiger partial charge is 0.342 e. The van der Waals surface area contributed by atoms with Gasteiger partial charge in [0, 0.05) is 31.7 Å². The zero-order valence-electron chi connectivity index (χ0n) is 16.7. The molecule has 1 aromatic carbocycles. The molecule has 0 aliphatic rings. The van der Waals surface area contributed by atoms with Gasteiger partial charge in [0.1, 0.15) is 0 Å². The van der Waals surface area contributed by atoms with Crippen LogP contribution in [0.25, 0.3) is 0 Å². The standard InChI is InChI=1S/C22H29N3O2/c1-5-8-12-25(4)22(27)19-13-18(14-23-15-19)21(26)24-20-16(6-2)10-9-11-17(20)7-3/h9-11,13-15H,5-8,12H2,1-4H3,(H,24,26). The molecule has 0 spiro atoms. The molecule has 1 heterocycles. The highest BCUT2D eigenvalue weighted by molar-refractivity contribution is 6.06. The van der Waals surface area contributed by atoms with Crippen LogP contribution in [0.5, 0.6) is 0 Å². The minimum absolute atomic E-state index is 0.117. The van der Waals surface area contributed by atoms with Gasteiger partial charge in [-0.1, -0.05) is 45.4 Å². The van der Waals surface area contributed by atoms with Gasteiger partial charge in [-0.2, -0.15) is 0 Å². The number of benzene rings is 1. The number of unbranched alkanes of at least 4 members (excludes halogenated alkanes) is 1. The molecule has 0 saturated carbocycles. The average molecular weight is 367 g/mol. The Morgan fingerprint density at radius 3 is 2.26 bits per heavy atom. The van der Waals surface area contributed by atoms with Crippen molar-refractivity contribution in [1.29, 1.82) is 0 Å². The van der Waals surface area contributed by atoms with Gasteiger partial charge in [-0.25, -0.2) is 0 Å². The van der Waals surface area contributed by atoms with Crippen molar-refractivity contribution in [2.24, 2.45) is 0 Å². The molecule has 0 aliphatic carbocycles. The van der Waals surface area contributed by atoms with Crippen LogP contribution in [0.3, 0.4) is 0 Å². The van der Waals surface area contributed by atoms with Crippen molar-refractivity contribution >= 4 is 17.5 Å². The lowest BCUT2D eigenvalue weighted by molar-refractivity contribution is 0.0793. The van der Waals surface area contributed by atoms with Gasteiger partial charge in [0.25, 0.3) is 11.8 Å². The number of hydrogen-bond donors (Lipinski definition) is 1. The van der Waals surface area contributed by atoms with Crippen molar-refractivity contribution in [3.63, 3.8) is 0 Å². The van der Waals surface area contributed by atoms with E-state index in [0.29, 0.717) is 17.7 Å². The van der Waals surface area contributed by atoms with E-state index in [1.54, 1.807) is 18.0 Å². The average Bonchev–Trinajstić information content (AvgIpc) is 2.71. The zero-order chi connectivity index (χ0) is 19.8. The molecule has 2 aromatic rings. The second-order valence-electron chi connectivity index (χ2n) is 6.66. The van der Waals surface area contributed by atoms with E-state index in [0.717, 1.165) is 42.5 Å². The van der Waals surface area contributed by atoms with Gasteiger partial charge in [-0.3, -0.25) is 14.6 Å². The summed E-state index contributed by atoms with van der Waals surface area (Å²) in [7, 11) is 1.77. The van der Waals surface area contributed by atoms with E-state index >= 15 is 0 Å². The summed E-state index contributed by atoms with van der Waals surface area (Å²) in [6.07, 6.45) is 6.65. The summed E-state index contributed by atoms with van der Waals surface area (Å²) in [5, 5.41) is 3.02. The van der Waals surface area contributed by atoms with E-state index < -0.39 is 0 Å². The fourth-order valence-electron chi connectivity index (χ4n) is 2.99. The molecule has 2 amide bonds. The molecule has 2 rings (SSSR count). The topological polar surface area (TPSA) is 62.3 Å². The lowest BCUT2D eigenvalue weighted by Crippen LogP contribution is -2.28. The van der Waals surface area contributed by atoms with Crippen LogP contribution in [-0.2, 0) is 12.8 Å². The van der Waals surface area contributed by atoms with Gasteiger partial charge >= 0.3 is 0 Å². The Hall–Kier alpha value is -2.69. The molecular formula is C22H29N3O2. The fraction of sp³-hybridized carbons (Fsp3) is 0.409. The number of pyridine rings is 1. The highest BCUT2D eigenvalue weighted by Crippen LogP contribution is 2.23. The van der Waals surface area contributed by atoms with Crippen LogP contribution in [-0.4, -0.2) is 35.3 Å². The Kier molecular flexibility index (Phi) is 7.53. The minimum atomic E-state index is -0.246. The number of amides is 2. The van der Waals surface area contributed by atoms with Gasteiger partial charge in [0.05, 0.1) is 11.1 Å². The summed E-state index contributed by atoms with van der Waals surface area (Å²) >= 11 is 0. The molecule has 5 nitrogen and oxygen atoms in total. The summed E-state index contributed by atoms with van der Waals surface area (Å²) in [6.45, 7) is 6.91. The number of hydrogen-bond acceptors (Lipinski definition) is 3. The first kappa shape index (κ1) is 20.6. The number of aromatic nitrogens is 1. The molecule has 0 saturated heterocycles. The number of rotatable bonds is 8. The molecule has 1 N–H and O–H groups in total. The van der Waals surface area contributed by atoms with E-state index in [2.05, 4.69) is 31.1 Å². The summed E-state index contributed by atoms with van der Waals surface area (Å²) in [5.74, 6) is -0.363. The van der Waals surface area contributed by atoms with Gasteiger partial charge in [-0.05, 0) is 36.5 Å². The van der Waals surface area contributed by atoms with Gasteiger partial charge in [-0.15, -0.1) is 0 Å². The maximum atomic E-state index is 12.8. The van der Waals surface area contributed by atoms with Crippen molar-refractivity contribution in [3.8, 4) is 0 Å². The fourth-order valence-corrected chi connectivity index (χ4v) is 2.99. The monoisotopic (exact) mass is 367 g/mol. The lowest BCUT2D eigenvalue weighted by Gasteiger charge is -2.17. The Labute approximate surface area is 161 Å². The molecular weight excluding hydrogens is 338 g/mol. The summed E-state index contributed by atoms with van der Waals surface area (Å²) < 4.78 is 0. The molecule has 5 heteroatoms. The quantitative estimate of drug-likeness (QED) is 0.755. The first-order valence-electron chi connectivity index (χ1n) is 9.64. The van der Waals surface area contributed by atoms with E-state index in [-0.39, 0.29) is 11.8 Å². The highest BCUT2D eigenvalue weighted by Gasteiger charge is 2.16. The van der Waals surface area contributed by atoms with Crippen LogP contribution in [0.2, 0.25) is 0 Å². The predicted molar refractivity (Wildman–Crippen MR) is 109 cm³/mol. The maximum absolute atomic E-state index is 12.8. The molecule has 1 aromatic heterocycles. The highest BCUT2D eigenvalue weighted by atomic mass is 16.2. The molecule has 27 heavy (non-hydrogen) atoms. The van der Waals surface area contributed by atoms with Crippen LogP contribution in [0.15, 0.2) is 36.7 Å². The Morgan fingerprint density at radius 2 is 1.67 bits per heavy atom. The maximum Gasteiger partial charge on any atom is 0.257 e. The number of nitrogens with zero attached hydrogens (tertiary/aromatic N) is 2. The number of nitrogens with one attached hydrogen (secondary N) is 1. The first-order valence-corrected chi connectivity index (χ1v) is 9.64. The molecule has 0 aliphatic heterocycles. The van der Waals surface area contributed by atoms with Crippen LogP contribution >= 0.6 is 0 Å². The Morgan fingerprint density at radius 1 is 1.04 bits per heavy atom. The second-order valence-corrected chi connectivity index (χ2v) is 6.66. The van der Waals surface area contributed by atoms with Gasteiger partial charge < -0.3 is 10.2 Å². The second kappa shape index (κ2) is 9.86. The van der Waals surface area contributed by atoms with Crippen molar-refractivity contribution in [1.82, 2.24) is 9.88 Å². The molecule has 0 fully saturated rings. The number of carbonyl (C=O) groups excluding carboxylic acids is 2. The third kappa shape index (κ3) is 5.16. The summed E-state index contributed by atoms with van der Waals surface area (Å²) in [6, 6.07) is 7.68. The smallest absolute Gasteiger partial charge is 0.257 e. The van der Waals surface area contributed by atoms with Crippen molar-refractivity contribution in [2.75, 3.05) is 18.9 Å². The lowest BCUT2D eigenvalue weighted by atomic mass is 10.0. The van der Waals surface area contributed by atoms with Crippen molar-refractivity contribution in [3.05, 3.63) is 58.9 Å². The number of para-hydroxylation sites is 1. The van der Waals surface area contributed by atoms with E-state index in [9.17, 15) is 9.59 Å². The summed E-state index contributed by atoms with van der Waals surface area (Å²) in [5.41, 5.74) is 3.88. The zero-order valence-corrected chi connectivity index (χ0v) is 16.7. The van der Waals surface area contributed by atoms with Crippen molar-refractivity contribution in [2.45, 2.75) is 46.5 Å². The third-order valence-corrected chi connectivity index (χ3v) is 4.68. The Bertz CT molecular complexity index is 780. The van der Waals surface area contributed by atoms with Gasteiger partial charge in [0.2, 0.25) is 0 Å². The molecule has 0 atom stereocenters. The van der Waals surface area contributed by atoms with E-state index in [1.165, 1.54) is 12.4 Å². The Balaban J connectivity index is 2.22. The van der Waals surface area contributed by atoms with E-state index in [1.807, 2.05) is 18.2 Å². The van der Waals surface area contributed by atoms with Crippen LogP contribution in [0.4, 0.5) is 5.69 Å². The van der Waals surface area contributed by atoms with Crippen LogP contribution in [0, 0.1) is 0 Å². The third-order valence-electron chi connectivity index (χ3n) is 4.68. The minimum Gasteiger partial charge on any atom is -0.342 e. The number of anilines is 1. The number of aryl methyl sites for hydroxylation is 2. The molecule has 144 valence electrons. The normalized spacial score (nSPS) is 10.5. The number of carbonyl (C=O) groups is 2. The SMILES string of the molecule is CCCCN(C)C(=O)c1cncc(C(=O)Nc2c(CC)cccc2CC)c1. The first-order chi connectivity index (χ1) is 13.0. The molecule has 0 radical (unpaired) electrons. The predicted octanol–water partition coefficient (Wildman–Crippen LogP) is 4.33.